The molecular formula is C71H135NO5. The Morgan fingerprint density at radius 2 is 0.610 bits per heavy atom. The van der Waals surface area contributed by atoms with Crippen LogP contribution in [0.25, 0.3) is 0 Å². The highest BCUT2D eigenvalue weighted by molar-refractivity contribution is 5.76. The third-order valence-electron chi connectivity index (χ3n) is 16.1. The van der Waals surface area contributed by atoms with Crippen LogP contribution >= 0.6 is 0 Å². The number of nitrogens with one attached hydrogen (secondary N) is 1. The fraction of sp³-hybridized carbons (Fsp3) is 0.887. The number of hydrogen-bond acceptors (Lipinski definition) is 5. The molecule has 0 aromatic heterocycles. The van der Waals surface area contributed by atoms with E-state index in [1.165, 1.54) is 308 Å². The molecule has 454 valence electrons. The van der Waals surface area contributed by atoms with E-state index < -0.39 is 12.1 Å². The molecule has 0 aliphatic heterocycles. The molecule has 0 aliphatic rings. The third kappa shape index (κ3) is 63.1. The molecule has 0 aromatic carbocycles. The smallest absolute Gasteiger partial charge is 0.305 e. The van der Waals surface area contributed by atoms with Gasteiger partial charge in [-0.15, -0.1) is 0 Å². The number of rotatable bonds is 65. The second-order valence-corrected chi connectivity index (χ2v) is 23.9. The van der Waals surface area contributed by atoms with Crippen molar-refractivity contribution in [3.8, 4) is 0 Å². The lowest BCUT2D eigenvalue weighted by molar-refractivity contribution is -0.143. The first kappa shape index (κ1) is 75.1. The SMILES string of the molecule is CCCCC/C=C\CCCCCCCC(=O)OCCCCCCCCCCCCCCCCCCCC/C=C\CCCCCCCCCCCCCCCCCCCC(=O)NC(CO)C(O)/C=C/CCCCCCCCC. The van der Waals surface area contributed by atoms with Crippen LogP contribution in [0.2, 0.25) is 0 Å². The predicted octanol–water partition coefficient (Wildman–Crippen LogP) is 22.3. The fourth-order valence-electron chi connectivity index (χ4n) is 10.8. The summed E-state index contributed by atoms with van der Waals surface area (Å²) in [5, 5.41) is 23.0. The second-order valence-electron chi connectivity index (χ2n) is 23.9. The van der Waals surface area contributed by atoms with E-state index in [0.717, 1.165) is 44.9 Å². The number of aliphatic hydroxyl groups is 2. The number of aliphatic hydroxyl groups excluding tert-OH is 2. The molecule has 1 amide bonds. The van der Waals surface area contributed by atoms with E-state index >= 15 is 0 Å². The molecule has 0 heterocycles. The molecular weight excluding hydrogens is 947 g/mol. The van der Waals surface area contributed by atoms with Crippen molar-refractivity contribution >= 4 is 11.9 Å². The van der Waals surface area contributed by atoms with Crippen molar-refractivity contribution < 1.29 is 24.5 Å². The molecule has 0 aromatic rings. The molecule has 0 saturated heterocycles. The van der Waals surface area contributed by atoms with E-state index in [0.29, 0.717) is 19.4 Å². The molecule has 6 heteroatoms. The molecule has 2 atom stereocenters. The first-order chi connectivity index (χ1) is 38.0. The molecule has 6 nitrogen and oxygen atoms in total. The lowest BCUT2D eigenvalue weighted by atomic mass is 10.0. The van der Waals surface area contributed by atoms with Gasteiger partial charge in [-0.05, 0) is 83.5 Å². The Balaban J connectivity index is 3.30. The lowest BCUT2D eigenvalue weighted by Crippen LogP contribution is -2.45. The minimum absolute atomic E-state index is 0.0122. The predicted molar refractivity (Wildman–Crippen MR) is 338 cm³/mol. The number of ether oxygens (including phenoxy) is 1. The van der Waals surface area contributed by atoms with Gasteiger partial charge in [-0.25, -0.2) is 0 Å². The fourth-order valence-corrected chi connectivity index (χ4v) is 10.8. The molecule has 2 unspecified atom stereocenters. The summed E-state index contributed by atoms with van der Waals surface area (Å²) >= 11 is 0. The van der Waals surface area contributed by atoms with Crippen LogP contribution < -0.4 is 5.32 Å². The summed E-state index contributed by atoms with van der Waals surface area (Å²) in [6.45, 7) is 4.87. The van der Waals surface area contributed by atoms with E-state index in [2.05, 4.69) is 43.5 Å². The van der Waals surface area contributed by atoms with E-state index in [1.54, 1.807) is 6.08 Å². The van der Waals surface area contributed by atoms with Gasteiger partial charge in [0.1, 0.15) is 0 Å². The molecule has 0 saturated carbocycles. The van der Waals surface area contributed by atoms with Gasteiger partial charge in [0, 0.05) is 12.8 Å². The van der Waals surface area contributed by atoms with Crippen LogP contribution in [-0.4, -0.2) is 47.4 Å². The van der Waals surface area contributed by atoms with Crippen LogP contribution in [0.5, 0.6) is 0 Å². The molecule has 0 aliphatic carbocycles. The van der Waals surface area contributed by atoms with Crippen LogP contribution in [0.4, 0.5) is 0 Å². The summed E-state index contributed by atoms with van der Waals surface area (Å²) < 4.78 is 5.48. The van der Waals surface area contributed by atoms with Crippen molar-refractivity contribution in [1.82, 2.24) is 5.32 Å². The first-order valence-corrected chi connectivity index (χ1v) is 34.8. The van der Waals surface area contributed by atoms with Crippen LogP contribution in [0.3, 0.4) is 0 Å². The summed E-state index contributed by atoms with van der Waals surface area (Å²) in [5.74, 6) is -0.0530. The average Bonchev–Trinajstić information content (AvgIpc) is 3.43. The summed E-state index contributed by atoms with van der Waals surface area (Å²) in [6, 6.07) is -0.622. The summed E-state index contributed by atoms with van der Waals surface area (Å²) in [4.78, 5) is 24.4. The van der Waals surface area contributed by atoms with E-state index in [9.17, 15) is 19.8 Å². The van der Waals surface area contributed by atoms with Gasteiger partial charge >= 0.3 is 5.97 Å². The Morgan fingerprint density at radius 3 is 0.948 bits per heavy atom. The Morgan fingerprint density at radius 1 is 0.351 bits per heavy atom. The minimum atomic E-state index is -0.839. The zero-order valence-electron chi connectivity index (χ0n) is 52.0. The molecule has 77 heavy (non-hydrogen) atoms. The number of allylic oxidation sites excluding steroid dienone is 5. The van der Waals surface area contributed by atoms with Crippen molar-refractivity contribution in [2.75, 3.05) is 13.2 Å². The van der Waals surface area contributed by atoms with E-state index in [-0.39, 0.29) is 18.5 Å². The van der Waals surface area contributed by atoms with Gasteiger partial charge in [0.2, 0.25) is 5.91 Å². The number of esters is 1. The van der Waals surface area contributed by atoms with Crippen LogP contribution in [0.15, 0.2) is 36.5 Å². The van der Waals surface area contributed by atoms with Gasteiger partial charge in [-0.2, -0.15) is 0 Å². The highest BCUT2D eigenvalue weighted by atomic mass is 16.5. The van der Waals surface area contributed by atoms with Crippen molar-refractivity contribution in [2.24, 2.45) is 0 Å². The van der Waals surface area contributed by atoms with Gasteiger partial charge < -0.3 is 20.3 Å². The minimum Gasteiger partial charge on any atom is -0.466 e. The van der Waals surface area contributed by atoms with Crippen LogP contribution in [0.1, 0.15) is 380 Å². The molecule has 0 radical (unpaired) electrons. The topological polar surface area (TPSA) is 95.9 Å². The Hall–Kier alpha value is -1.92. The quantitative estimate of drug-likeness (QED) is 0.0320. The first-order valence-electron chi connectivity index (χ1n) is 34.8. The summed E-state index contributed by atoms with van der Waals surface area (Å²) in [7, 11) is 0. The number of amides is 1. The Bertz CT molecular complexity index is 1250. The summed E-state index contributed by atoms with van der Waals surface area (Å²) in [6.07, 6.45) is 85.4. The lowest BCUT2D eigenvalue weighted by Gasteiger charge is -2.20. The van der Waals surface area contributed by atoms with Crippen molar-refractivity contribution in [2.45, 2.75) is 392 Å². The largest absolute Gasteiger partial charge is 0.466 e. The Labute approximate surface area is 481 Å². The molecule has 0 fully saturated rings. The number of hydrogen-bond donors (Lipinski definition) is 3. The number of carbonyl (C=O) groups is 2. The van der Waals surface area contributed by atoms with Crippen molar-refractivity contribution in [3.63, 3.8) is 0 Å². The highest BCUT2D eigenvalue weighted by Crippen LogP contribution is 2.18. The molecule has 0 spiro atoms. The second kappa shape index (κ2) is 66.6. The molecule has 0 bridgehead atoms. The van der Waals surface area contributed by atoms with Gasteiger partial charge in [0.15, 0.2) is 0 Å². The molecule has 3 N–H and O–H groups in total. The molecule has 0 rings (SSSR count). The standard InChI is InChI=1S/C71H135NO5/c1-3-5-7-9-11-13-14-45-49-53-57-61-65-71(76)77-66-62-58-54-50-46-43-41-39-37-35-33-31-29-27-25-23-21-19-17-15-16-18-20-22-24-26-28-30-32-34-36-38-40-42-44-48-52-56-60-64-70(75)72-68(67-73)69(74)63-59-55-51-47-12-10-8-6-4-2/h11,13,15-16,59,63,68-69,73-74H,3-10,12,14,17-58,60-62,64-67H2,1-2H3,(H,72,75)/b13-11-,16-15-,63-59+. The van der Waals surface area contributed by atoms with Crippen molar-refractivity contribution in [1.29, 1.82) is 0 Å². The van der Waals surface area contributed by atoms with E-state index in [4.69, 9.17) is 4.74 Å². The maximum absolute atomic E-state index is 12.4. The van der Waals surface area contributed by atoms with Crippen LogP contribution in [-0.2, 0) is 14.3 Å². The van der Waals surface area contributed by atoms with Gasteiger partial charge in [0.25, 0.3) is 0 Å². The zero-order chi connectivity index (χ0) is 55.7. The maximum atomic E-state index is 12.4. The van der Waals surface area contributed by atoms with E-state index in [1.807, 2.05) is 6.08 Å². The van der Waals surface area contributed by atoms with Crippen molar-refractivity contribution in [3.05, 3.63) is 36.5 Å². The van der Waals surface area contributed by atoms with Gasteiger partial charge in [-0.1, -0.05) is 320 Å². The highest BCUT2D eigenvalue weighted by Gasteiger charge is 2.18. The van der Waals surface area contributed by atoms with Crippen LogP contribution in [0, 0.1) is 0 Å². The monoisotopic (exact) mass is 1080 g/mol. The number of unbranched alkanes of at least 4 members (excludes halogenated alkanes) is 50. The van der Waals surface area contributed by atoms with Gasteiger partial charge in [-0.3, -0.25) is 9.59 Å². The maximum Gasteiger partial charge on any atom is 0.305 e. The van der Waals surface area contributed by atoms with Gasteiger partial charge in [0.05, 0.1) is 25.4 Å². The normalized spacial score (nSPS) is 12.7. The summed E-state index contributed by atoms with van der Waals surface area (Å²) in [5.41, 5.74) is 0. The number of carbonyl (C=O) groups excluding carboxylic acids is 2. The third-order valence-corrected chi connectivity index (χ3v) is 16.1. The zero-order valence-corrected chi connectivity index (χ0v) is 52.0. The average molecular weight is 1080 g/mol. The Kier molecular flexibility index (Phi) is 64.9.